The summed E-state index contributed by atoms with van der Waals surface area (Å²) in [6, 6.07) is 50.7. The fraction of sp³-hybridized carbons (Fsp3) is 0.122. The van der Waals surface area contributed by atoms with Crippen molar-refractivity contribution in [2.45, 2.75) is 29.3 Å². The summed E-state index contributed by atoms with van der Waals surface area (Å²) in [6.45, 7) is 2.34. The zero-order chi connectivity index (χ0) is 28.9. The number of halogens is 2. The molecule has 45 heavy (non-hydrogen) atoms. The Morgan fingerprint density at radius 2 is 1.24 bits per heavy atom. The molecular weight excluding hydrogens is 683 g/mol. The van der Waals surface area contributed by atoms with Gasteiger partial charge in [0, 0.05) is 0 Å². The first-order valence-electron chi connectivity index (χ1n) is 15.5. The third-order valence-electron chi connectivity index (χ3n) is 9.59. The van der Waals surface area contributed by atoms with E-state index in [9.17, 15) is 0 Å². The van der Waals surface area contributed by atoms with Crippen molar-refractivity contribution >= 4 is 41.2 Å². The molecule has 0 heterocycles. The Labute approximate surface area is 295 Å². The van der Waals surface area contributed by atoms with Crippen LogP contribution in [0.5, 0.6) is 0 Å². The van der Waals surface area contributed by atoms with Gasteiger partial charge in [0.25, 0.3) is 0 Å². The first kappa shape index (κ1) is 32.0. The fourth-order valence-corrected chi connectivity index (χ4v) is 12.4. The minimum Gasteiger partial charge on any atom is -1.00 e. The molecule has 2 atom stereocenters. The van der Waals surface area contributed by atoms with Gasteiger partial charge in [-0.2, -0.15) is 0 Å². The van der Waals surface area contributed by atoms with Gasteiger partial charge in [-0.25, -0.2) is 0 Å². The van der Waals surface area contributed by atoms with Gasteiger partial charge in [0.1, 0.15) is 0 Å². The molecule has 0 spiro atoms. The predicted molar refractivity (Wildman–Crippen MR) is 181 cm³/mol. The molecule has 0 bridgehead atoms. The first-order chi connectivity index (χ1) is 21.2. The third kappa shape index (κ3) is 5.35. The van der Waals surface area contributed by atoms with E-state index in [0.717, 1.165) is 12.8 Å². The van der Waals surface area contributed by atoms with Crippen molar-refractivity contribution in [3.63, 3.8) is 0 Å². The quantitative estimate of drug-likeness (QED) is 0.183. The van der Waals surface area contributed by atoms with E-state index in [1.165, 1.54) is 49.0 Å². The number of rotatable bonds is 6. The SMILES string of the molecule is CCCC1=Cc2c(ccc3ccccc23)C1c1c([SiH](c2ccccc2)c2ccccc2)ccc2c1[CH]([Zr+2])c1ccccc1-2.[Cl-].[Cl-]. The maximum atomic E-state index is 2.57. The van der Waals surface area contributed by atoms with Crippen molar-refractivity contribution in [1.29, 1.82) is 0 Å². The predicted octanol–water partition coefficient (Wildman–Crippen LogP) is 2.04. The summed E-state index contributed by atoms with van der Waals surface area (Å²) in [6.07, 6.45) is 4.84. The van der Waals surface area contributed by atoms with E-state index in [1.807, 2.05) is 0 Å². The largest absolute Gasteiger partial charge is 1.00 e. The van der Waals surface area contributed by atoms with Crippen LogP contribution in [0.15, 0.2) is 139 Å². The number of benzene rings is 6. The zero-order valence-electron chi connectivity index (χ0n) is 25.2. The van der Waals surface area contributed by atoms with Gasteiger partial charge in [0.05, 0.1) is 0 Å². The Kier molecular flexibility index (Phi) is 9.51. The van der Waals surface area contributed by atoms with Gasteiger partial charge in [0.15, 0.2) is 0 Å². The van der Waals surface area contributed by atoms with Crippen LogP contribution in [-0.2, 0) is 24.7 Å². The average molecular weight is 716 g/mol. The van der Waals surface area contributed by atoms with E-state index in [-0.39, 0.29) is 30.7 Å². The Hall–Kier alpha value is -3.00. The van der Waals surface area contributed by atoms with Crippen molar-refractivity contribution in [3.05, 3.63) is 167 Å². The van der Waals surface area contributed by atoms with E-state index >= 15 is 0 Å². The van der Waals surface area contributed by atoms with Crippen LogP contribution in [-0.4, -0.2) is 8.80 Å². The van der Waals surface area contributed by atoms with E-state index in [1.54, 1.807) is 46.6 Å². The van der Waals surface area contributed by atoms with Crippen LogP contribution < -0.4 is 40.4 Å². The van der Waals surface area contributed by atoms with Crippen LogP contribution in [0.2, 0.25) is 0 Å². The van der Waals surface area contributed by atoms with Crippen molar-refractivity contribution in [2.75, 3.05) is 0 Å². The summed E-state index contributed by atoms with van der Waals surface area (Å²) in [5, 5.41) is 7.28. The molecule has 0 radical (unpaired) electrons. The van der Waals surface area contributed by atoms with Crippen molar-refractivity contribution in [2.24, 2.45) is 0 Å². The van der Waals surface area contributed by atoms with E-state index in [0.29, 0.717) is 3.63 Å². The first-order valence-corrected chi connectivity index (χ1v) is 18.7. The summed E-state index contributed by atoms with van der Waals surface area (Å²) >= 11 is 1.57. The number of hydrogen-bond acceptors (Lipinski definition) is 0. The van der Waals surface area contributed by atoms with E-state index in [2.05, 4.69) is 146 Å². The smallest absolute Gasteiger partial charge is 1.00 e. The third-order valence-corrected chi connectivity index (χ3v) is 14.3. The van der Waals surface area contributed by atoms with Crippen molar-refractivity contribution in [3.8, 4) is 11.1 Å². The van der Waals surface area contributed by atoms with Crippen LogP contribution in [0.4, 0.5) is 0 Å². The van der Waals surface area contributed by atoms with Crippen LogP contribution in [0.25, 0.3) is 28.0 Å². The van der Waals surface area contributed by atoms with Gasteiger partial charge in [-0.1, -0.05) is 0 Å². The number of fused-ring (bicyclic) bond motifs is 6. The second-order valence-electron chi connectivity index (χ2n) is 12.0. The van der Waals surface area contributed by atoms with Gasteiger partial charge in [-0.3, -0.25) is 0 Å². The molecule has 0 N–H and O–H groups in total. The Balaban J connectivity index is 0.00000179. The van der Waals surface area contributed by atoms with Gasteiger partial charge >= 0.3 is 273 Å². The fourth-order valence-electron chi connectivity index (χ4n) is 7.80. The Morgan fingerprint density at radius 1 is 0.600 bits per heavy atom. The van der Waals surface area contributed by atoms with E-state index < -0.39 is 8.80 Å². The van der Waals surface area contributed by atoms with Gasteiger partial charge < -0.3 is 24.8 Å². The molecule has 0 saturated carbocycles. The number of allylic oxidation sites excluding steroid dienone is 1. The van der Waals surface area contributed by atoms with Crippen LogP contribution in [0, 0.1) is 0 Å². The zero-order valence-corrected chi connectivity index (χ0v) is 30.3. The molecule has 0 saturated heterocycles. The molecule has 2 aliphatic rings. The van der Waals surface area contributed by atoms with Crippen LogP contribution >= 0.6 is 0 Å². The maximum Gasteiger partial charge on any atom is -1.00 e. The molecular formula is C41H33Cl2SiZr. The van der Waals surface area contributed by atoms with Crippen molar-refractivity contribution < 1.29 is 49.5 Å². The second kappa shape index (κ2) is 13.4. The van der Waals surface area contributed by atoms with Crippen LogP contribution in [0.1, 0.15) is 57.1 Å². The maximum absolute atomic E-state index is 2.57. The number of hydrogen-bond donors (Lipinski definition) is 0. The minimum atomic E-state index is -1.79. The molecule has 0 fully saturated rings. The molecule has 2 unspecified atom stereocenters. The molecule has 219 valence electrons. The summed E-state index contributed by atoms with van der Waals surface area (Å²) in [5.41, 5.74) is 12.1. The Bertz CT molecular complexity index is 1980. The molecule has 6 aromatic rings. The molecule has 4 heteroatoms. The second-order valence-corrected chi connectivity index (χ2v) is 16.2. The van der Waals surface area contributed by atoms with Gasteiger partial charge in [-0.15, -0.1) is 0 Å². The van der Waals surface area contributed by atoms with Crippen LogP contribution in [0.3, 0.4) is 0 Å². The molecule has 2 aliphatic carbocycles. The standard InChI is InChI=1S/C41H33Si.2ClH.Zr/c1-2-13-30-27-37-33-20-11-9-14-28(33)22-23-36(37)40(30)41-38-26-29-15-10-12-21-34(29)35(38)24-25-39(41)42(31-16-5-3-6-17-31)32-18-7-4-8-19-32;;;/h3-12,14-27,40,42H,2,13H2,1H3;2*1H;/q;;;+2/p-2. The summed E-state index contributed by atoms with van der Waals surface area (Å²) < 4.78 is 0.446. The topological polar surface area (TPSA) is 0 Å². The molecule has 0 nitrogen and oxygen atoms in total. The minimum absolute atomic E-state index is 0. The summed E-state index contributed by atoms with van der Waals surface area (Å²) in [4.78, 5) is 0. The molecule has 8 rings (SSSR count). The Morgan fingerprint density at radius 3 is 1.96 bits per heavy atom. The van der Waals surface area contributed by atoms with Crippen molar-refractivity contribution in [1.82, 2.24) is 0 Å². The normalized spacial score (nSPS) is 16.0. The summed E-state index contributed by atoms with van der Waals surface area (Å²) in [5.74, 6) is 0.282. The van der Waals surface area contributed by atoms with Gasteiger partial charge in [0.2, 0.25) is 0 Å². The monoisotopic (exact) mass is 713 g/mol. The summed E-state index contributed by atoms with van der Waals surface area (Å²) in [7, 11) is -1.79. The van der Waals surface area contributed by atoms with E-state index in [4.69, 9.17) is 0 Å². The molecule has 6 aromatic carbocycles. The molecule has 0 aliphatic heterocycles. The molecule has 0 amide bonds. The van der Waals surface area contributed by atoms with Gasteiger partial charge in [-0.05, 0) is 0 Å². The molecule has 0 aromatic heterocycles. The average Bonchev–Trinajstić information content (AvgIpc) is 3.57.